The van der Waals surface area contributed by atoms with Gasteiger partial charge in [-0.25, -0.2) is 4.79 Å². The van der Waals surface area contributed by atoms with Crippen LogP contribution in [0.15, 0.2) is 78.9 Å². The second-order valence-corrected chi connectivity index (χ2v) is 7.54. The van der Waals surface area contributed by atoms with Gasteiger partial charge in [0.2, 0.25) is 0 Å². The molecule has 1 saturated heterocycles. The lowest BCUT2D eigenvalue weighted by molar-refractivity contribution is 0.138. The monoisotopic (exact) mass is 401 g/mol. The zero-order valence-electron chi connectivity index (χ0n) is 16.5. The molecule has 6 nitrogen and oxygen atoms in total. The molecule has 0 spiro atoms. The number of anilines is 1. The smallest absolute Gasteiger partial charge is 0.321 e. The van der Waals surface area contributed by atoms with Gasteiger partial charge in [-0.05, 0) is 42.5 Å². The van der Waals surface area contributed by atoms with Crippen molar-refractivity contribution in [3.05, 3.63) is 84.4 Å². The fraction of sp³-hybridized carbons (Fsp3) is 0.208. The van der Waals surface area contributed by atoms with E-state index in [1.807, 2.05) is 72.8 Å². The number of fused-ring (bicyclic) bond motifs is 1. The Bertz CT molecular complexity index is 1020. The fourth-order valence-corrected chi connectivity index (χ4v) is 3.77. The Hall–Kier alpha value is -3.51. The average molecular weight is 401 g/mol. The van der Waals surface area contributed by atoms with Crippen molar-refractivity contribution in [1.82, 2.24) is 10.2 Å². The summed E-state index contributed by atoms with van der Waals surface area (Å²) in [5.41, 5.74) is 1.94. The summed E-state index contributed by atoms with van der Waals surface area (Å²) in [5.74, 6) is 2.46. The van der Waals surface area contributed by atoms with Gasteiger partial charge in [-0.15, -0.1) is 0 Å². The highest BCUT2D eigenvalue weighted by Crippen LogP contribution is 2.32. The second-order valence-electron chi connectivity index (χ2n) is 7.54. The minimum atomic E-state index is -0.0900. The van der Waals surface area contributed by atoms with E-state index in [4.69, 9.17) is 9.47 Å². The Kier molecular flexibility index (Phi) is 4.99. The van der Waals surface area contributed by atoms with E-state index in [0.29, 0.717) is 19.7 Å². The molecular formula is C24H23N3O3. The number of ether oxygens (including phenoxy) is 2. The maximum absolute atomic E-state index is 12.5. The molecule has 0 saturated carbocycles. The van der Waals surface area contributed by atoms with Crippen LogP contribution in [-0.4, -0.2) is 36.7 Å². The number of carbonyl (C=O) groups is 1. The largest absolute Gasteiger partial charge is 0.491 e. The number of likely N-dealkylation sites (tertiary alicyclic amines) is 1. The number of urea groups is 1. The third kappa shape index (κ3) is 3.95. The minimum absolute atomic E-state index is 0.0900. The minimum Gasteiger partial charge on any atom is -0.491 e. The van der Waals surface area contributed by atoms with E-state index in [1.54, 1.807) is 4.90 Å². The summed E-state index contributed by atoms with van der Waals surface area (Å²) in [4.78, 5) is 14.3. The van der Waals surface area contributed by atoms with Crippen molar-refractivity contribution in [3.63, 3.8) is 0 Å². The third-order valence-corrected chi connectivity index (χ3v) is 5.39. The first-order chi connectivity index (χ1) is 14.7. The highest BCUT2D eigenvalue weighted by molar-refractivity contribution is 5.90. The molecule has 0 bridgehead atoms. The summed E-state index contributed by atoms with van der Waals surface area (Å²) in [6.07, 6.45) is 0. The SMILES string of the molecule is O=C(Nc1ccc(Oc2ccccc2)cc1)N1CC(NC2COc3ccccc32)C1. The molecule has 5 rings (SSSR count). The van der Waals surface area contributed by atoms with Crippen LogP contribution in [0.1, 0.15) is 11.6 Å². The van der Waals surface area contributed by atoms with Crippen molar-refractivity contribution in [2.75, 3.05) is 25.0 Å². The Morgan fingerprint density at radius 2 is 1.60 bits per heavy atom. The molecule has 2 N–H and O–H groups in total. The van der Waals surface area contributed by atoms with Gasteiger partial charge in [-0.3, -0.25) is 0 Å². The van der Waals surface area contributed by atoms with Gasteiger partial charge in [0.1, 0.15) is 23.9 Å². The normalized spacial score (nSPS) is 17.6. The van der Waals surface area contributed by atoms with E-state index in [0.717, 1.165) is 22.9 Å². The van der Waals surface area contributed by atoms with Crippen LogP contribution in [0.3, 0.4) is 0 Å². The molecule has 1 atom stereocenters. The molecule has 2 heterocycles. The summed E-state index contributed by atoms with van der Waals surface area (Å²) >= 11 is 0. The van der Waals surface area contributed by atoms with Crippen LogP contribution in [-0.2, 0) is 0 Å². The lowest BCUT2D eigenvalue weighted by atomic mass is 10.0. The summed E-state index contributed by atoms with van der Waals surface area (Å²) < 4.78 is 11.5. The first-order valence-electron chi connectivity index (χ1n) is 10.1. The van der Waals surface area contributed by atoms with Gasteiger partial charge in [-0.2, -0.15) is 0 Å². The van der Waals surface area contributed by atoms with E-state index < -0.39 is 0 Å². The van der Waals surface area contributed by atoms with E-state index in [2.05, 4.69) is 16.7 Å². The number of para-hydroxylation sites is 2. The van der Waals surface area contributed by atoms with E-state index in [9.17, 15) is 4.79 Å². The van der Waals surface area contributed by atoms with Gasteiger partial charge < -0.3 is 25.0 Å². The lowest BCUT2D eigenvalue weighted by Gasteiger charge is -2.40. The fourth-order valence-electron chi connectivity index (χ4n) is 3.77. The molecule has 3 aromatic carbocycles. The van der Waals surface area contributed by atoms with Crippen molar-refractivity contribution in [2.24, 2.45) is 0 Å². The van der Waals surface area contributed by atoms with E-state index >= 15 is 0 Å². The number of rotatable bonds is 5. The van der Waals surface area contributed by atoms with Crippen LogP contribution in [0.5, 0.6) is 17.2 Å². The van der Waals surface area contributed by atoms with Crippen molar-refractivity contribution >= 4 is 11.7 Å². The maximum Gasteiger partial charge on any atom is 0.321 e. The molecule has 30 heavy (non-hydrogen) atoms. The van der Waals surface area contributed by atoms with Gasteiger partial charge in [0.15, 0.2) is 0 Å². The predicted molar refractivity (Wildman–Crippen MR) is 115 cm³/mol. The zero-order valence-corrected chi connectivity index (χ0v) is 16.5. The van der Waals surface area contributed by atoms with Crippen molar-refractivity contribution in [1.29, 1.82) is 0 Å². The summed E-state index contributed by atoms with van der Waals surface area (Å²) in [6.45, 7) is 2.00. The third-order valence-electron chi connectivity index (χ3n) is 5.39. The van der Waals surface area contributed by atoms with Gasteiger partial charge in [-0.1, -0.05) is 36.4 Å². The van der Waals surface area contributed by atoms with Crippen LogP contribution >= 0.6 is 0 Å². The van der Waals surface area contributed by atoms with Crippen LogP contribution < -0.4 is 20.1 Å². The Morgan fingerprint density at radius 1 is 0.900 bits per heavy atom. The molecule has 0 radical (unpaired) electrons. The van der Waals surface area contributed by atoms with E-state index in [-0.39, 0.29) is 18.1 Å². The first-order valence-corrected chi connectivity index (χ1v) is 10.1. The summed E-state index contributed by atoms with van der Waals surface area (Å²) in [7, 11) is 0. The maximum atomic E-state index is 12.5. The predicted octanol–water partition coefficient (Wildman–Crippen LogP) is 4.42. The van der Waals surface area contributed by atoms with Crippen LogP contribution in [0.4, 0.5) is 10.5 Å². The Labute approximate surface area is 175 Å². The van der Waals surface area contributed by atoms with Crippen molar-refractivity contribution < 1.29 is 14.3 Å². The first kappa shape index (κ1) is 18.5. The molecule has 2 aliphatic heterocycles. The topological polar surface area (TPSA) is 62.8 Å². The molecule has 0 aliphatic carbocycles. The number of nitrogens with zero attached hydrogens (tertiary/aromatic N) is 1. The highest BCUT2D eigenvalue weighted by Gasteiger charge is 2.34. The molecule has 152 valence electrons. The van der Waals surface area contributed by atoms with E-state index in [1.165, 1.54) is 5.56 Å². The number of hydrogen-bond donors (Lipinski definition) is 2. The molecule has 1 fully saturated rings. The Balaban J connectivity index is 1.10. The number of nitrogens with one attached hydrogen (secondary N) is 2. The second kappa shape index (κ2) is 8.08. The average Bonchev–Trinajstić information content (AvgIpc) is 3.15. The molecule has 0 aromatic heterocycles. The molecule has 2 amide bonds. The zero-order chi connectivity index (χ0) is 20.3. The molecule has 6 heteroatoms. The highest BCUT2D eigenvalue weighted by atomic mass is 16.5. The van der Waals surface area contributed by atoms with Crippen LogP contribution in [0, 0.1) is 0 Å². The molecule has 2 aliphatic rings. The van der Waals surface area contributed by atoms with Crippen LogP contribution in [0.2, 0.25) is 0 Å². The number of benzene rings is 3. The van der Waals surface area contributed by atoms with Crippen LogP contribution in [0.25, 0.3) is 0 Å². The number of amides is 2. The van der Waals surface area contributed by atoms with Crippen molar-refractivity contribution in [2.45, 2.75) is 12.1 Å². The van der Waals surface area contributed by atoms with Gasteiger partial charge in [0.05, 0.1) is 6.04 Å². The van der Waals surface area contributed by atoms with Gasteiger partial charge in [0, 0.05) is 30.4 Å². The number of carbonyl (C=O) groups excluding carboxylic acids is 1. The summed E-state index contributed by atoms with van der Waals surface area (Å²) in [5, 5.41) is 6.53. The number of hydrogen-bond acceptors (Lipinski definition) is 4. The molecular weight excluding hydrogens is 378 g/mol. The molecule has 1 unspecified atom stereocenters. The standard InChI is InChI=1S/C24H23N3O3/c28-24(26-17-10-12-20(13-11-17)30-19-6-2-1-3-7-19)27-14-18(15-27)25-22-16-29-23-9-5-4-8-21(22)23/h1-13,18,22,25H,14-16H2,(H,26,28). The van der Waals surface area contributed by atoms with Crippen molar-refractivity contribution in [3.8, 4) is 17.2 Å². The Morgan fingerprint density at radius 3 is 2.40 bits per heavy atom. The quantitative estimate of drug-likeness (QED) is 0.664. The summed E-state index contributed by atoms with van der Waals surface area (Å²) in [6, 6.07) is 25.5. The lowest BCUT2D eigenvalue weighted by Crippen LogP contribution is -2.61. The molecule has 3 aromatic rings. The van der Waals surface area contributed by atoms with Gasteiger partial charge in [0.25, 0.3) is 0 Å². The van der Waals surface area contributed by atoms with Gasteiger partial charge >= 0.3 is 6.03 Å².